The maximum Gasteiger partial charge on any atom is 0.485 e. The number of alkyl halides is 3. The molecule has 18 heteroatoms. The molecule has 0 N–H and O–H groups in total. The topological polar surface area (TPSA) is 145 Å². The molecule has 0 radical (unpaired) electrons. The quantitative estimate of drug-likeness (QED) is 0.0517. The van der Waals surface area contributed by atoms with E-state index >= 15 is 0 Å². The molecule has 5 aromatic rings. The number of rotatable bonds is 5. The summed E-state index contributed by atoms with van der Waals surface area (Å²) in [5.41, 5.74) is -2.05. The van der Waals surface area contributed by atoms with Gasteiger partial charge in [0.15, 0.2) is 15.9 Å². The lowest BCUT2D eigenvalue weighted by Gasteiger charge is -2.34. The molecule has 274 valence electrons. The number of fused-ring (bicyclic) bond motifs is 2. The molecule has 11 nitrogen and oxygen atoms in total. The number of hydrogen-bond donors (Lipinski definition) is 0. The smallest absolute Gasteiger partial charge is 0.485 e. The number of aromatic nitrogens is 1. The minimum absolute atomic E-state index is 0.191. The van der Waals surface area contributed by atoms with Gasteiger partial charge in [0.2, 0.25) is 21.1 Å². The van der Waals surface area contributed by atoms with Crippen LogP contribution in [0, 0.1) is 6.92 Å². The van der Waals surface area contributed by atoms with E-state index in [1.165, 1.54) is 4.31 Å². The number of pyridine rings is 1. The van der Waals surface area contributed by atoms with E-state index in [2.05, 4.69) is 31.9 Å². The third-order valence-electron chi connectivity index (χ3n) is 8.18. The van der Waals surface area contributed by atoms with Crippen LogP contribution in [-0.4, -0.2) is 74.2 Å². The Morgan fingerprint density at radius 3 is 1.73 bits per heavy atom. The van der Waals surface area contributed by atoms with Crippen molar-refractivity contribution >= 4 is 85.7 Å². The summed E-state index contributed by atoms with van der Waals surface area (Å²) in [6, 6.07) is 25.3. The number of nitrogens with zero attached hydrogens (tertiary/aromatic N) is 3. The first-order chi connectivity index (χ1) is 24.3. The molecule has 0 bridgehead atoms. The van der Waals surface area contributed by atoms with Gasteiger partial charge >= 0.3 is 11.5 Å². The van der Waals surface area contributed by atoms with Crippen molar-refractivity contribution < 1.29 is 53.5 Å². The fourth-order valence-corrected chi connectivity index (χ4v) is 8.32. The van der Waals surface area contributed by atoms with Crippen LogP contribution in [0.5, 0.6) is 5.75 Å². The number of aryl methyl sites for hydroxylation is 2. The van der Waals surface area contributed by atoms with Crippen molar-refractivity contribution in [3.63, 3.8) is 0 Å². The first-order valence-corrected chi connectivity index (χ1v) is 19.6. The number of sulfonamides is 1. The Labute approximate surface area is 313 Å². The van der Waals surface area contributed by atoms with Crippen molar-refractivity contribution in [1.82, 2.24) is 9.21 Å². The zero-order valence-electron chi connectivity index (χ0n) is 27.2. The normalized spacial score (nSPS) is 14.2. The molecule has 0 atom stereocenters. The first kappa shape index (κ1) is 39.3. The zero-order chi connectivity index (χ0) is 38.2. The summed E-state index contributed by atoms with van der Waals surface area (Å²) in [6.45, 7) is 2.79. The van der Waals surface area contributed by atoms with E-state index in [1.807, 2.05) is 67.1 Å². The largest absolute Gasteiger partial charge is 0.741 e. The van der Waals surface area contributed by atoms with Gasteiger partial charge in [0.05, 0.1) is 30.2 Å². The van der Waals surface area contributed by atoms with Gasteiger partial charge < -0.3 is 14.2 Å². The number of halogens is 5. The van der Waals surface area contributed by atoms with Gasteiger partial charge in [0.25, 0.3) is 5.91 Å². The molecule has 0 saturated carbocycles. The molecule has 2 heterocycles. The molecule has 0 aliphatic carbocycles. The molecule has 0 spiro atoms. The molecule has 1 aliphatic heterocycles. The van der Waals surface area contributed by atoms with Crippen LogP contribution in [0.3, 0.4) is 0 Å². The van der Waals surface area contributed by atoms with Crippen molar-refractivity contribution in [2.75, 3.05) is 26.2 Å². The Morgan fingerprint density at radius 2 is 1.27 bits per heavy atom. The van der Waals surface area contributed by atoms with Crippen LogP contribution in [0.4, 0.5) is 13.2 Å². The molecule has 1 aliphatic rings. The zero-order valence-corrected chi connectivity index (χ0v) is 32.0. The first-order valence-electron chi connectivity index (χ1n) is 15.2. The Hall–Kier alpha value is -3.94. The van der Waals surface area contributed by atoms with Crippen LogP contribution < -0.4 is 9.30 Å². The molecule has 1 amide bonds. The number of ether oxygens (including phenoxy) is 1. The summed E-state index contributed by atoms with van der Waals surface area (Å²) in [4.78, 5) is 29.1. The van der Waals surface area contributed by atoms with E-state index in [-0.39, 0.29) is 42.7 Å². The van der Waals surface area contributed by atoms with Gasteiger partial charge in [-0.05, 0) is 75.2 Å². The van der Waals surface area contributed by atoms with E-state index in [4.69, 9.17) is 17.7 Å². The second-order valence-corrected chi connectivity index (χ2v) is 16.6. The van der Waals surface area contributed by atoms with Crippen molar-refractivity contribution in [2.24, 2.45) is 7.05 Å². The summed E-state index contributed by atoms with van der Waals surface area (Å²) in [5.74, 6) is -0.518. The Bertz CT molecular complexity index is 2340. The number of hydrogen-bond acceptors (Lipinski definition) is 8. The van der Waals surface area contributed by atoms with Gasteiger partial charge in [-0.1, -0.05) is 42.0 Å². The van der Waals surface area contributed by atoms with Crippen LogP contribution in [0.15, 0.2) is 98.8 Å². The van der Waals surface area contributed by atoms with Crippen molar-refractivity contribution in [1.29, 1.82) is 0 Å². The van der Waals surface area contributed by atoms with Crippen LogP contribution in [0.25, 0.3) is 21.8 Å². The van der Waals surface area contributed by atoms with E-state index in [0.29, 0.717) is 20.1 Å². The fraction of sp³-hybridized carbons (Fsp3) is 0.206. The van der Waals surface area contributed by atoms with E-state index in [0.717, 1.165) is 27.4 Å². The molecule has 0 unspecified atom stereocenters. The lowest BCUT2D eigenvalue weighted by Crippen LogP contribution is -2.50. The van der Waals surface area contributed by atoms with Gasteiger partial charge in [-0.25, -0.2) is 21.6 Å². The number of piperazine rings is 1. The molecule has 4 aromatic carbocycles. The number of esters is 1. The third kappa shape index (κ3) is 8.16. The predicted molar refractivity (Wildman–Crippen MR) is 191 cm³/mol. The maximum absolute atomic E-state index is 13.8. The highest BCUT2D eigenvalue weighted by Crippen LogP contribution is 2.37. The second kappa shape index (κ2) is 15.2. The van der Waals surface area contributed by atoms with Gasteiger partial charge in [0.1, 0.15) is 7.05 Å². The van der Waals surface area contributed by atoms with Crippen LogP contribution >= 0.6 is 31.9 Å². The number of benzene rings is 4. The van der Waals surface area contributed by atoms with E-state index < -0.39 is 31.6 Å². The summed E-state index contributed by atoms with van der Waals surface area (Å²) in [5, 5.41) is 1.53. The van der Waals surface area contributed by atoms with Crippen LogP contribution in [0.1, 0.15) is 26.3 Å². The summed E-state index contributed by atoms with van der Waals surface area (Å²) in [6.07, 6.45) is 0. The van der Waals surface area contributed by atoms with Gasteiger partial charge in [-0.3, -0.25) is 4.79 Å². The minimum atomic E-state index is -6.09. The monoisotopic (exact) mass is 885 g/mol. The van der Waals surface area contributed by atoms with E-state index in [9.17, 15) is 31.2 Å². The maximum atomic E-state index is 13.8. The number of amides is 1. The highest BCUT2D eigenvalue weighted by Gasteiger charge is 2.37. The lowest BCUT2D eigenvalue weighted by molar-refractivity contribution is -0.617. The van der Waals surface area contributed by atoms with Gasteiger partial charge in [-0.2, -0.15) is 22.0 Å². The van der Waals surface area contributed by atoms with Crippen molar-refractivity contribution in [2.45, 2.75) is 17.3 Å². The van der Waals surface area contributed by atoms with Crippen molar-refractivity contribution in [3.8, 4) is 5.75 Å². The number of carbonyl (C=O) groups excluding carboxylic acids is 2. The average Bonchev–Trinajstić information content (AvgIpc) is 3.09. The fourth-order valence-electron chi connectivity index (χ4n) is 5.55. The Morgan fingerprint density at radius 1 is 0.808 bits per heavy atom. The minimum Gasteiger partial charge on any atom is -0.741 e. The van der Waals surface area contributed by atoms with Crippen molar-refractivity contribution in [3.05, 3.63) is 111 Å². The molecule has 6 rings (SSSR count). The number of para-hydroxylation sites is 2. The summed E-state index contributed by atoms with van der Waals surface area (Å²) >= 11 is 7.00. The second-order valence-electron chi connectivity index (χ2n) is 11.5. The lowest BCUT2D eigenvalue weighted by atomic mass is 10.0. The van der Waals surface area contributed by atoms with Crippen LogP contribution in [-0.2, 0) is 27.2 Å². The molecule has 1 saturated heterocycles. The number of carbonyl (C=O) groups is 2. The Balaban J connectivity index is 0.000000587. The highest BCUT2D eigenvalue weighted by molar-refractivity contribution is 9.11. The SMILES string of the molecule is Cc1ccc(S(=O)(=O)N2CCN(C(=O)c3cc(Br)c(OC(=O)c4c5ccccc5[n+](C)c5ccccc45)c(Br)c3)CC2)cc1.O=S(=O)([O-])C(F)(F)F. The van der Waals surface area contributed by atoms with Gasteiger partial charge in [0, 0.05) is 43.9 Å². The average molecular weight is 888 g/mol. The van der Waals surface area contributed by atoms with Gasteiger partial charge in [-0.15, -0.1) is 0 Å². The molecule has 1 aromatic heterocycles. The third-order valence-corrected chi connectivity index (χ3v) is 11.8. The van der Waals surface area contributed by atoms with Crippen LogP contribution in [0.2, 0.25) is 0 Å². The highest BCUT2D eigenvalue weighted by atomic mass is 79.9. The van der Waals surface area contributed by atoms with E-state index in [1.54, 1.807) is 41.3 Å². The molecule has 52 heavy (non-hydrogen) atoms. The standard InChI is InChI=1S/C33H28Br2N3O5S.CHF3O3S/c1-21-11-13-23(14-12-21)44(41,42)38-17-15-37(16-18-38)32(39)22-19-26(34)31(27(35)20-22)43-33(40)30-24-7-3-5-9-28(24)36(2)29-10-6-4-8-25(29)30;2-1(3,4)8(5,6)7/h3-14,19-20H,15-18H2,1-2H3;(H,5,6,7)/q+1;/p-1. The molecular weight excluding hydrogens is 859 g/mol. The summed E-state index contributed by atoms with van der Waals surface area (Å²) < 4.78 is 95.4. The Kier molecular flexibility index (Phi) is 11.5. The molecular formula is C34H28Br2F3N3O8S2. The molecule has 1 fully saturated rings. The predicted octanol–water partition coefficient (Wildman–Crippen LogP) is 6.07. The summed E-state index contributed by atoms with van der Waals surface area (Å²) in [7, 11) is -7.77.